The second kappa shape index (κ2) is 2.06. The molecule has 3 nitrogen and oxygen atoms in total. The normalized spacial score (nSPS) is 36.1. The molecule has 2 aliphatic rings. The summed E-state index contributed by atoms with van der Waals surface area (Å²) in [5, 5.41) is 3.78. The molecule has 1 saturated carbocycles. The fourth-order valence-electron chi connectivity index (χ4n) is 1.75. The number of fused-ring (bicyclic) bond motifs is 1. The topological polar surface area (TPSA) is 38.7 Å². The van der Waals surface area contributed by atoms with Gasteiger partial charge in [0.2, 0.25) is 0 Å². The summed E-state index contributed by atoms with van der Waals surface area (Å²) in [6.45, 7) is 1.93. The Hall–Kier alpha value is -0.860. The molecule has 0 radical (unpaired) electrons. The maximum absolute atomic E-state index is 11.2. The monoisotopic (exact) mass is 153 g/mol. The zero-order chi connectivity index (χ0) is 7.90. The van der Waals surface area contributed by atoms with E-state index in [1.165, 1.54) is 0 Å². The van der Waals surface area contributed by atoms with Crippen LogP contribution in [0.3, 0.4) is 0 Å². The Morgan fingerprint density at radius 3 is 3.09 bits per heavy atom. The smallest absolute Gasteiger partial charge is 0.317 e. The summed E-state index contributed by atoms with van der Waals surface area (Å²) in [6.07, 6.45) is 4.10. The zero-order valence-corrected chi connectivity index (χ0v) is 6.59. The van der Waals surface area contributed by atoms with Gasteiger partial charge in [0.1, 0.15) is 5.41 Å². The number of carbonyl (C=O) groups excluding carboxylic acids is 1. The van der Waals surface area contributed by atoms with Crippen LogP contribution in [0.1, 0.15) is 32.6 Å². The van der Waals surface area contributed by atoms with E-state index in [4.69, 9.17) is 0 Å². The summed E-state index contributed by atoms with van der Waals surface area (Å²) in [5.41, 5.74) is 0.590. The molecular formula is C8H11NO2. The largest absolute Gasteiger partial charge is 0.346 e. The minimum Gasteiger partial charge on any atom is -0.317 e. The van der Waals surface area contributed by atoms with Gasteiger partial charge in [0.05, 0.1) is 5.71 Å². The number of carbonyl (C=O) groups is 1. The van der Waals surface area contributed by atoms with Crippen molar-refractivity contribution >= 4 is 11.7 Å². The van der Waals surface area contributed by atoms with E-state index < -0.39 is 0 Å². The van der Waals surface area contributed by atoms with Gasteiger partial charge in [-0.25, -0.2) is 4.79 Å². The Balaban J connectivity index is 2.32. The highest BCUT2D eigenvalue weighted by atomic mass is 16.7. The van der Waals surface area contributed by atoms with Gasteiger partial charge in [0.15, 0.2) is 0 Å². The van der Waals surface area contributed by atoms with Crippen molar-refractivity contribution in [3.63, 3.8) is 0 Å². The summed E-state index contributed by atoms with van der Waals surface area (Å²) < 4.78 is 0. The van der Waals surface area contributed by atoms with Crippen LogP contribution in [0.4, 0.5) is 0 Å². The van der Waals surface area contributed by atoms with E-state index in [0.29, 0.717) is 0 Å². The number of hydrogen-bond donors (Lipinski definition) is 0. The lowest BCUT2D eigenvalue weighted by Gasteiger charge is -2.25. The van der Waals surface area contributed by atoms with Crippen molar-refractivity contribution < 1.29 is 9.63 Å². The van der Waals surface area contributed by atoms with Crippen molar-refractivity contribution in [1.29, 1.82) is 0 Å². The highest BCUT2D eigenvalue weighted by Crippen LogP contribution is 2.38. The molecule has 1 fully saturated rings. The first-order valence-electron chi connectivity index (χ1n) is 4.02. The Morgan fingerprint density at radius 2 is 2.36 bits per heavy atom. The standard InChI is InChI=1S/C8H11NO2/c1-8-5-3-2-4-6(8)9-11-7(8)10/h2-5H2,1H3. The molecule has 0 aromatic carbocycles. The van der Waals surface area contributed by atoms with E-state index in [2.05, 4.69) is 9.99 Å². The molecule has 3 heteroatoms. The molecule has 1 aliphatic carbocycles. The minimum atomic E-state index is -0.363. The Morgan fingerprint density at radius 1 is 1.55 bits per heavy atom. The fourth-order valence-corrected chi connectivity index (χ4v) is 1.75. The highest BCUT2D eigenvalue weighted by Gasteiger charge is 2.46. The minimum absolute atomic E-state index is 0.160. The third-order valence-electron chi connectivity index (χ3n) is 2.67. The zero-order valence-electron chi connectivity index (χ0n) is 6.59. The van der Waals surface area contributed by atoms with Crippen molar-refractivity contribution in [2.24, 2.45) is 10.6 Å². The predicted octanol–water partition coefficient (Wildman–Crippen LogP) is 1.48. The average Bonchev–Trinajstić information content (AvgIpc) is 2.29. The first kappa shape index (κ1) is 6.83. The van der Waals surface area contributed by atoms with E-state index in [9.17, 15) is 4.79 Å². The molecule has 0 aromatic rings. The third kappa shape index (κ3) is 0.800. The lowest BCUT2D eigenvalue weighted by atomic mass is 9.75. The van der Waals surface area contributed by atoms with Crippen molar-refractivity contribution in [3.05, 3.63) is 0 Å². The van der Waals surface area contributed by atoms with Crippen LogP contribution >= 0.6 is 0 Å². The SMILES string of the molecule is CC12CCCCC1=NOC2=O. The van der Waals surface area contributed by atoms with Gasteiger partial charge in [-0.15, -0.1) is 0 Å². The Labute approximate surface area is 65.4 Å². The molecular weight excluding hydrogens is 142 g/mol. The Kier molecular flexibility index (Phi) is 1.28. The van der Waals surface area contributed by atoms with Crippen LogP contribution in [0.5, 0.6) is 0 Å². The van der Waals surface area contributed by atoms with Gasteiger partial charge in [-0.3, -0.25) is 0 Å². The van der Waals surface area contributed by atoms with Crippen molar-refractivity contribution in [1.82, 2.24) is 0 Å². The molecule has 1 unspecified atom stereocenters. The molecule has 60 valence electrons. The van der Waals surface area contributed by atoms with Crippen LogP contribution in [0.25, 0.3) is 0 Å². The second-order valence-corrected chi connectivity index (χ2v) is 3.46. The van der Waals surface area contributed by atoms with Crippen LogP contribution in [0.2, 0.25) is 0 Å². The number of oxime groups is 1. The third-order valence-corrected chi connectivity index (χ3v) is 2.67. The van der Waals surface area contributed by atoms with Crippen LogP contribution in [0, 0.1) is 5.41 Å². The highest BCUT2D eigenvalue weighted by molar-refractivity contribution is 6.09. The van der Waals surface area contributed by atoms with Gasteiger partial charge >= 0.3 is 5.97 Å². The number of hydrogen-bond acceptors (Lipinski definition) is 3. The van der Waals surface area contributed by atoms with Crippen molar-refractivity contribution in [3.8, 4) is 0 Å². The summed E-state index contributed by atoms with van der Waals surface area (Å²) in [4.78, 5) is 15.8. The van der Waals surface area contributed by atoms with Crippen LogP contribution in [0.15, 0.2) is 5.16 Å². The van der Waals surface area contributed by atoms with Crippen molar-refractivity contribution in [2.75, 3.05) is 0 Å². The molecule has 0 bridgehead atoms. The summed E-state index contributed by atoms with van der Waals surface area (Å²) in [5.74, 6) is -0.160. The van der Waals surface area contributed by atoms with Gasteiger partial charge in [0, 0.05) is 0 Å². The molecule has 2 rings (SSSR count). The van der Waals surface area contributed by atoms with Crippen LogP contribution in [-0.2, 0) is 9.63 Å². The van der Waals surface area contributed by atoms with Crippen LogP contribution in [-0.4, -0.2) is 11.7 Å². The maximum atomic E-state index is 11.2. The molecule has 0 aromatic heterocycles. The molecule has 1 heterocycles. The molecule has 11 heavy (non-hydrogen) atoms. The van der Waals surface area contributed by atoms with E-state index in [0.717, 1.165) is 31.4 Å². The van der Waals surface area contributed by atoms with Gasteiger partial charge in [-0.2, -0.15) is 0 Å². The number of nitrogens with zero attached hydrogens (tertiary/aromatic N) is 1. The first-order chi connectivity index (χ1) is 5.23. The van der Waals surface area contributed by atoms with Gasteiger partial charge < -0.3 is 4.84 Å². The second-order valence-electron chi connectivity index (χ2n) is 3.46. The summed E-state index contributed by atoms with van der Waals surface area (Å²) >= 11 is 0. The quantitative estimate of drug-likeness (QED) is 0.494. The first-order valence-corrected chi connectivity index (χ1v) is 4.02. The lowest BCUT2D eigenvalue weighted by molar-refractivity contribution is -0.147. The number of rotatable bonds is 0. The van der Waals surface area contributed by atoms with E-state index in [1.807, 2.05) is 6.92 Å². The molecule has 1 atom stereocenters. The fraction of sp³-hybridized carbons (Fsp3) is 0.750. The summed E-state index contributed by atoms with van der Waals surface area (Å²) in [6, 6.07) is 0. The molecule has 0 N–H and O–H groups in total. The summed E-state index contributed by atoms with van der Waals surface area (Å²) in [7, 11) is 0. The lowest BCUT2D eigenvalue weighted by Crippen LogP contribution is -2.34. The molecule has 0 amide bonds. The average molecular weight is 153 g/mol. The molecule has 1 aliphatic heterocycles. The van der Waals surface area contributed by atoms with Crippen molar-refractivity contribution in [2.45, 2.75) is 32.6 Å². The maximum Gasteiger partial charge on any atom is 0.346 e. The van der Waals surface area contributed by atoms with Gasteiger partial charge in [-0.05, 0) is 26.2 Å². The van der Waals surface area contributed by atoms with E-state index in [-0.39, 0.29) is 11.4 Å². The van der Waals surface area contributed by atoms with E-state index in [1.54, 1.807) is 0 Å². The Bertz CT molecular complexity index is 234. The molecule has 0 spiro atoms. The van der Waals surface area contributed by atoms with E-state index >= 15 is 0 Å². The van der Waals surface area contributed by atoms with Crippen LogP contribution < -0.4 is 0 Å². The van der Waals surface area contributed by atoms with Gasteiger partial charge in [-0.1, -0.05) is 11.6 Å². The van der Waals surface area contributed by atoms with Gasteiger partial charge in [0.25, 0.3) is 0 Å². The molecule has 0 saturated heterocycles. The predicted molar refractivity (Wildman–Crippen MR) is 40.1 cm³/mol.